The first-order chi connectivity index (χ1) is 15.7. The van der Waals surface area contributed by atoms with Gasteiger partial charge in [0, 0.05) is 17.8 Å². The highest BCUT2D eigenvalue weighted by atomic mass is 16.5. The molecular formula is C25H28N4O4. The number of hydrogen-bond acceptors (Lipinski definition) is 7. The van der Waals surface area contributed by atoms with E-state index in [4.69, 9.17) is 20.6 Å². The fourth-order valence-corrected chi connectivity index (χ4v) is 3.62. The van der Waals surface area contributed by atoms with E-state index >= 15 is 0 Å². The van der Waals surface area contributed by atoms with Crippen LogP contribution in [-0.4, -0.2) is 32.0 Å². The van der Waals surface area contributed by atoms with Crippen LogP contribution in [0.3, 0.4) is 0 Å². The Morgan fingerprint density at radius 3 is 2.33 bits per heavy atom. The van der Waals surface area contributed by atoms with Crippen LogP contribution < -0.4 is 5.73 Å². The van der Waals surface area contributed by atoms with Gasteiger partial charge in [-0.3, -0.25) is 9.97 Å². The summed E-state index contributed by atoms with van der Waals surface area (Å²) < 4.78 is 5.53. The Labute approximate surface area is 192 Å². The fourth-order valence-electron chi connectivity index (χ4n) is 3.62. The number of pyridine rings is 1. The zero-order valence-electron chi connectivity index (χ0n) is 19.3. The standard InChI is InChI=1S/C25H28N4O4/c1-14(2)9-20-19(10-26)23(17-7-5-15(3)6-8-17)22(16(4)29-20)25(32)33-13-18-11-28-21(12-27-18)24(30)31/h5-8,11-12,14H,9-10,13,26H2,1-4H3,(H,30,31). The van der Waals surface area contributed by atoms with Gasteiger partial charge in [-0.1, -0.05) is 43.7 Å². The number of carboxylic acid groups (broad SMARTS) is 1. The number of aromatic carboxylic acids is 1. The van der Waals surface area contributed by atoms with E-state index in [2.05, 4.69) is 23.8 Å². The molecule has 0 atom stereocenters. The zero-order chi connectivity index (χ0) is 24.1. The topological polar surface area (TPSA) is 128 Å². The molecule has 0 spiro atoms. The molecule has 0 bridgehead atoms. The Morgan fingerprint density at radius 1 is 1.09 bits per heavy atom. The Morgan fingerprint density at radius 2 is 1.79 bits per heavy atom. The predicted octanol–water partition coefficient (Wildman–Crippen LogP) is 3.87. The van der Waals surface area contributed by atoms with E-state index in [1.165, 1.54) is 6.20 Å². The van der Waals surface area contributed by atoms with Crippen LogP contribution in [0, 0.1) is 19.8 Å². The molecule has 0 aliphatic rings. The van der Waals surface area contributed by atoms with Crippen molar-refractivity contribution in [1.29, 1.82) is 0 Å². The summed E-state index contributed by atoms with van der Waals surface area (Å²) in [6, 6.07) is 7.91. The largest absolute Gasteiger partial charge is 0.476 e. The first-order valence-electron chi connectivity index (χ1n) is 10.7. The summed E-state index contributed by atoms with van der Waals surface area (Å²) in [6.45, 7) is 8.11. The lowest BCUT2D eigenvalue weighted by Crippen LogP contribution is -2.17. The maximum Gasteiger partial charge on any atom is 0.356 e. The number of nitrogens with zero attached hydrogens (tertiary/aromatic N) is 3. The highest BCUT2D eigenvalue weighted by Crippen LogP contribution is 2.33. The number of carbonyl (C=O) groups is 2. The molecule has 0 aliphatic carbocycles. The minimum Gasteiger partial charge on any atom is -0.476 e. The Hall–Kier alpha value is -3.65. The molecule has 2 heterocycles. The maximum absolute atomic E-state index is 13.2. The minimum atomic E-state index is -1.17. The van der Waals surface area contributed by atoms with E-state index < -0.39 is 11.9 Å². The maximum atomic E-state index is 13.2. The first kappa shape index (κ1) is 24.0. The van der Waals surface area contributed by atoms with Crippen molar-refractivity contribution in [3.63, 3.8) is 0 Å². The fraction of sp³-hybridized carbons (Fsp3) is 0.320. The Kier molecular flexibility index (Phi) is 7.50. The molecule has 3 N–H and O–H groups in total. The number of aromatic nitrogens is 3. The monoisotopic (exact) mass is 448 g/mol. The van der Waals surface area contributed by atoms with Gasteiger partial charge in [-0.05, 0) is 37.3 Å². The average molecular weight is 449 g/mol. The van der Waals surface area contributed by atoms with Crippen LogP contribution in [0.25, 0.3) is 11.1 Å². The molecule has 8 nitrogen and oxygen atoms in total. The zero-order valence-corrected chi connectivity index (χ0v) is 19.3. The lowest BCUT2D eigenvalue weighted by atomic mass is 9.90. The molecule has 8 heteroatoms. The number of nitrogens with two attached hydrogens (primary N) is 1. The van der Waals surface area contributed by atoms with Crippen LogP contribution in [0.15, 0.2) is 36.7 Å². The summed E-state index contributed by atoms with van der Waals surface area (Å²) in [6.07, 6.45) is 3.15. The molecule has 3 rings (SSSR count). The average Bonchev–Trinajstić information content (AvgIpc) is 2.77. The highest BCUT2D eigenvalue weighted by Gasteiger charge is 2.25. The second-order valence-electron chi connectivity index (χ2n) is 8.31. The number of carboxylic acids is 1. The van der Waals surface area contributed by atoms with Crippen LogP contribution in [-0.2, 0) is 24.3 Å². The summed E-state index contributed by atoms with van der Waals surface area (Å²) in [5.41, 5.74) is 11.7. The van der Waals surface area contributed by atoms with Crippen molar-refractivity contribution in [1.82, 2.24) is 15.0 Å². The number of rotatable bonds is 8. The quantitative estimate of drug-likeness (QED) is 0.497. The molecule has 0 amide bonds. The Bertz CT molecular complexity index is 1160. The normalized spacial score (nSPS) is 11.0. The molecule has 0 fully saturated rings. The van der Waals surface area contributed by atoms with Gasteiger partial charge in [-0.2, -0.15) is 0 Å². The van der Waals surface area contributed by atoms with E-state index in [1.807, 2.05) is 31.2 Å². The van der Waals surface area contributed by atoms with Crippen LogP contribution >= 0.6 is 0 Å². The molecule has 3 aromatic rings. The molecule has 0 aliphatic heterocycles. The first-order valence-corrected chi connectivity index (χ1v) is 10.7. The lowest BCUT2D eigenvalue weighted by molar-refractivity contribution is 0.0465. The summed E-state index contributed by atoms with van der Waals surface area (Å²) in [4.78, 5) is 36.7. The number of benzene rings is 1. The van der Waals surface area contributed by atoms with Gasteiger partial charge in [0.15, 0.2) is 5.69 Å². The predicted molar refractivity (Wildman–Crippen MR) is 124 cm³/mol. The Balaban J connectivity index is 2.02. The second-order valence-corrected chi connectivity index (χ2v) is 8.31. The van der Waals surface area contributed by atoms with Gasteiger partial charge < -0.3 is 15.6 Å². The summed E-state index contributed by atoms with van der Waals surface area (Å²) in [7, 11) is 0. The number of esters is 1. The van der Waals surface area contributed by atoms with Crippen molar-refractivity contribution in [3.8, 4) is 11.1 Å². The van der Waals surface area contributed by atoms with Gasteiger partial charge in [0.2, 0.25) is 0 Å². The lowest BCUT2D eigenvalue weighted by Gasteiger charge is -2.20. The van der Waals surface area contributed by atoms with E-state index in [9.17, 15) is 9.59 Å². The van der Waals surface area contributed by atoms with E-state index in [0.717, 1.165) is 40.6 Å². The van der Waals surface area contributed by atoms with Gasteiger partial charge in [0.05, 0.1) is 29.3 Å². The van der Waals surface area contributed by atoms with E-state index in [-0.39, 0.29) is 18.8 Å². The molecule has 0 saturated carbocycles. The van der Waals surface area contributed by atoms with Crippen molar-refractivity contribution in [2.75, 3.05) is 0 Å². The number of hydrogen-bond donors (Lipinski definition) is 2. The van der Waals surface area contributed by atoms with E-state index in [0.29, 0.717) is 22.9 Å². The van der Waals surface area contributed by atoms with Crippen LogP contribution in [0.5, 0.6) is 0 Å². The molecule has 1 aromatic carbocycles. The smallest absolute Gasteiger partial charge is 0.356 e. The summed E-state index contributed by atoms with van der Waals surface area (Å²) >= 11 is 0. The number of ether oxygens (including phenoxy) is 1. The molecule has 33 heavy (non-hydrogen) atoms. The van der Waals surface area contributed by atoms with E-state index in [1.54, 1.807) is 6.92 Å². The van der Waals surface area contributed by atoms with Crippen molar-refractivity contribution < 1.29 is 19.4 Å². The third-order valence-electron chi connectivity index (χ3n) is 5.19. The number of carbonyl (C=O) groups excluding carboxylic acids is 1. The van der Waals surface area contributed by atoms with Crippen molar-refractivity contribution in [3.05, 3.63) is 76.1 Å². The van der Waals surface area contributed by atoms with Gasteiger partial charge in [0.1, 0.15) is 6.61 Å². The van der Waals surface area contributed by atoms with Gasteiger partial charge in [-0.15, -0.1) is 0 Å². The molecule has 0 saturated heterocycles. The van der Waals surface area contributed by atoms with Crippen LogP contribution in [0.2, 0.25) is 0 Å². The van der Waals surface area contributed by atoms with Crippen LogP contribution in [0.1, 0.15) is 62.9 Å². The molecular weight excluding hydrogens is 420 g/mol. The van der Waals surface area contributed by atoms with Gasteiger partial charge in [0.25, 0.3) is 0 Å². The van der Waals surface area contributed by atoms with Gasteiger partial charge >= 0.3 is 11.9 Å². The third-order valence-corrected chi connectivity index (χ3v) is 5.19. The highest BCUT2D eigenvalue weighted by molar-refractivity contribution is 5.99. The second kappa shape index (κ2) is 10.3. The summed E-state index contributed by atoms with van der Waals surface area (Å²) in [5, 5.41) is 8.95. The minimum absolute atomic E-state index is 0.149. The van der Waals surface area contributed by atoms with Crippen molar-refractivity contribution in [2.24, 2.45) is 11.7 Å². The SMILES string of the molecule is Cc1ccc(-c2c(CN)c(CC(C)C)nc(C)c2C(=O)OCc2cnc(C(=O)O)cn2)cc1. The number of aryl methyl sites for hydroxylation is 2. The van der Waals surface area contributed by atoms with Crippen molar-refractivity contribution in [2.45, 2.75) is 47.3 Å². The van der Waals surface area contributed by atoms with Gasteiger partial charge in [-0.25, -0.2) is 14.6 Å². The molecule has 2 aromatic heterocycles. The molecule has 0 radical (unpaired) electrons. The third kappa shape index (κ3) is 5.59. The summed E-state index contributed by atoms with van der Waals surface area (Å²) in [5.74, 6) is -1.35. The van der Waals surface area contributed by atoms with Crippen molar-refractivity contribution >= 4 is 11.9 Å². The van der Waals surface area contributed by atoms with Crippen LogP contribution in [0.4, 0.5) is 0 Å². The molecule has 172 valence electrons. The molecule has 0 unspecified atom stereocenters.